The molecule has 2 fully saturated rings. The highest BCUT2D eigenvalue weighted by molar-refractivity contribution is 5.86. The van der Waals surface area contributed by atoms with Gasteiger partial charge in [-0.15, -0.1) is 0 Å². The fraction of sp³-hybridized carbons (Fsp3) is 0.786. The SMILES string of the molecule is CC(C)NC(=O)N1CCC(N2CC(C(=O)O)CC2=O)CC1. The number of piperidine rings is 1. The van der Waals surface area contributed by atoms with Crippen molar-refractivity contribution < 1.29 is 19.5 Å². The molecule has 118 valence electrons. The Morgan fingerprint density at radius 2 is 1.90 bits per heavy atom. The number of nitrogens with zero attached hydrogens (tertiary/aromatic N) is 2. The maximum atomic E-state index is 11.9. The summed E-state index contributed by atoms with van der Waals surface area (Å²) in [5.74, 6) is -1.56. The average Bonchev–Trinajstić information content (AvgIpc) is 2.80. The minimum Gasteiger partial charge on any atom is -0.481 e. The second kappa shape index (κ2) is 6.32. The fourth-order valence-electron chi connectivity index (χ4n) is 2.97. The maximum Gasteiger partial charge on any atom is 0.317 e. The van der Waals surface area contributed by atoms with E-state index in [1.54, 1.807) is 9.80 Å². The van der Waals surface area contributed by atoms with E-state index in [1.807, 2.05) is 13.8 Å². The summed E-state index contributed by atoms with van der Waals surface area (Å²) in [7, 11) is 0. The first kappa shape index (κ1) is 15.6. The molecule has 0 bridgehead atoms. The van der Waals surface area contributed by atoms with E-state index in [2.05, 4.69) is 5.32 Å². The molecular formula is C14H23N3O4. The van der Waals surface area contributed by atoms with E-state index in [0.717, 1.165) is 0 Å². The van der Waals surface area contributed by atoms with E-state index in [0.29, 0.717) is 32.5 Å². The van der Waals surface area contributed by atoms with Crippen molar-refractivity contribution in [1.82, 2.24) is 15.1 Å². The minimum absolute atomic E-state index is 0.0601. The third-order valence-electron chi connectivity index (χ3n) is 4.11. The van der Waals surface area contributed by atoms with Crippen LogP contribution in [0.15, 0.2) is 0 Å². The monoisotopic (exact) mass is 297 g/mol. The van der Waals surface area contributed by atoms with Gasteiger partial charge in [0.15, 0.2) is 0 Å². The van der Waals surface area contributed by atoms with Gasteiger partial charge in [-0.05, 0) is 26.7 Å². The van der Waals surface area contributed by atoms with Crippen LogP contribution in [0.2, 0.25) is 0 Å². The molecule has 2 saturated heterocycles. The molecule has 7 nitrogen and oxygen atoms in total. The molecule has 1 unspecified atom stereocenters. The van der Waals surface area contributed by atoms with Gasteiger partial charge in [0.25, 0.3) is 0 Å². The molecule has 7 heteroatoms. The summed E-state index contributed by atoms with van der Waals surface area (Å²) in [5, 5.41) is 11.9. The molecule has 0 aromatic carbocycles. The van der Waals surface area contributed by atoms with Crippen LogP contribution in [0.1, 0.15) is 33.1 Å². The van der Waals surface area contributed by atoms with Crippen molar-refractivity contribution in [3.63, 3.8) is 0 Å². The summed E-state index contributed by atoms with van der Waals surface area (Å²) in [6.07, 6.45) is 1.52. The van der Waals surface area contributed by atoms with Gasteiger partial charge in [0.1, 0.15) is 0 Å². The van der Waals surface area contributed by atoms with Crippen molar-refractivity contribution in [1.29, 1.82) is 0 Å². The molecule has 0 radical (unpaired) electrons. The second-order valence-electron chi connectivity index (χ2n) is 6.11. The molecule has 0 spiro atoms. The average molecular weight is 297 g/mol. The molecule has 0 aromatic heterocycles. The molecule has 2 N–H and O–H groups in total. The van der Waals surface area contributed by atoms with Crippen molar-refractivity contribution in [2.75, 3.05) is 19.6 Å². The van der Waals surface area contributed by atoms with Crippen LogP contribution < -0.4 is 5.32 Å². The Balaban J connectivity index is 1.85. The molecule has 1 atom stereocenters. The number of likely N-dealkylation sites (tertiary alicyclic amines) is 2. The zero-order valence-electron chi connectivity index (χ0n) is 12.5. The number of aliphatic carboxylic acids is 1. The zero-order chi connectivity index (χ0) is 15.6. The predicted molar refractivity (Wildman–Crippen MR) is 75.7 cm³/mol. The first-order valence-corrected chi connectivity index (χ1v) is 7.46. The van der Waals surface area contributed by atoms with E-state index in [9.17, 15) is 14.4 Å². The number of carbonyl (C=O) groups excluding carboxylic acids is 2. The van der Waals surface area contributed by atoms with Crippen LogP contribution in [0.25, 0.3) is 0 Å². The Morgan fingerprint density at radius 3 is 2.38 bits per heavy atom. The molecule has 3 amide bonds. The topological polar surface area (TPSA) is 90.0 Å². The maximum absolute atomic E-state index is 11.9. The Kier molecular flexibility index (Phi) is 4.69. The number of carbonyl (C=O) groups is 3. The highest BCUT2D eigenvalue weighted by Gasteiger charge is 2.39. The lowest BCUT2D eigenvalue weighted by atomic mass is 10.0. The lowest BCUT2D eigenvalue weighted by Crippen LogP contribution is -2.51. The molecular weight excluding hydrogens is 274 g/mol. The van der Waals surface area contributed by atoms with Crippen LogP contribution in [-0.4, -0.2) is 64.5 Å². The molecule has 2 rings (SSSR count). The van der Waals surface area contributed by atoms with Crippen LogP contribution in [0.5, 0.6) is 0 Å². The van der Waals surface area contributed by atoms with Gasteiger partial charge in [-0.2, -0.15) is 0 Å². The van der Waals surface area contributed by atoms with Crippen LogP contribution in [-0.2, 0) is 9.59 Å². The molecule has 2 aliphatic heterocycles. The number of hydrogen-bond acceptors (Lipinski definition) is 3. The standard InChI is InChI=1S/C14H23N3O4/c1-9(2)15-14(21)16-5-3-11(4-6-16)17-8-10(13(19)20)7-12(17)18/h9-11H,3-8H2,1-2H3,(H,15,21)(H,19,20). The zero-order valence-corrected chi connectivity index (χ0v) is 12.5. The summed E-state index contributed by atoms with van der Waals surface area (Å²) >= 11 is 0. The summed E-state index contributed by atoms with van der Waals surface area (Å²) in [6.45, 7) is 5.34. The molecule has 2 heterocycles. The lowest BCUT2D eigenvalue weighted by Gasteiger charge is -2.37. The van der Waals surface area contributed by atoms with Crippen molar-refractivity contribution in [2.24, 2.45) is 5.92 Å². The Bertz CT molecular complexity index is 430. The number of carboxylic acids is 1. The van der Waals surface area contributed by atoms with Crippen molar-refractivity contribution >= 4 is 17.9 Å². The normalized spacial score (nSPS) is 23.8. The number of nitrogens with one attached hydrogen (secondary N) is 1. The van der Waals surface area contributed by atoms with E-state index >= 15 is 0 Å². The van der Waals surface area contributed by atoms with Crippen LogP contribution in [0, 0.1) is 5.92 Å². The summed E-state index contributed by atoms with van der Waals surface area (Å²) < 4.78 is 0. The van der Waals surface area contributed by atoms with Crippen molar-refractivity contribution in [2.45, 2.75) is 45.2 Å². The predicted octanol–water partition coefficient (Wildman–Crippen LogP) is 0.502. The van der Waals surface area contributed by atoms with E-state index in [4.69, 9.17) is 5.11 Å². The van der Waals surface area contributed by atoms with Gasteiger partial charge in [-0.3, -0.25) is 9.59 Å². The van der Waals surface area contributed by atoms with Gasteiger partial charge < -0.3 is 20.2 Å². The van der Waals surface area contributed by atoms with Gasteiger partial charge in [0.2, 0.25) is 5.91 Å². The first-order valence-electron chi connectivity index (χ1n) is 7.46. The Labute approximate surface area is 124 Å². The Morgan fingerprint density at radius 1 is 1.29 bits per heavy atom. The van der Waals surface area contributed by atoms with Gasteiger partial charge >= 0.3 is 12.0 Å². The fourth-order valence-corrected chi connectivity index (χ4v) is 2.97. The number of amides is 3. The molecule has 21 heavy (non-hydrogen) atoms. The highest BCUT2D eigenvalue weighted by Crippen LogP contribution is 2.25. The number of urea groups is 1. The van der Waals surface area contributed by atoms with E-state index in [-0.39, 0.29) is 30.4 Å². The number of hydrogen-bond donors (Lipinski definition) is 2. The minimum atomic E-state index is -0.903. The van der Waals surface area contributed by atoms with Crippen molar-refractivity contribution in [3.8, 4) is 0 Å². The van der Waals surface area contributed by atoms with Crippen LogP contribution in [0.4, 0.5) is 4.79 Å². The van der Waals surface area contributed by atoms with Gasteiger partial charge in [-0.25, -0.2) is 4.79 Å². The smallest absolute Gasteiger partial charge is 0.317 e. The quantitative estimate of drug-likeness (QED) is 0.794. The summed E-state index contributed by atoms with van der Waals surface area (Å²) in [6, 6.07) is 0.0938. The van der Waals surface area contributed by atoms with Crippen molar-refractivity contribution in [3.05, 3.63) is 0 Å². The van der Waals surface area contributed by atoms with Gasteiger partial charge in [-0.1, -0.05) is 0 Å². The first-order chi connectivity index (χ1) is 9.88. The number of rotatable bonds is 3. The van der Waals surface area contributed by atoms with Gasteiger partial charge in [0.05, 0.1) is 5.92 Å². The molecule has 2 aliphatic rings. The largest absolute Gasteiger partial charge is 0.481 e. The Hall–Kier alpha value is -1.79. The number of carboxylic acid groups (broad SMARTS) is 1. The van der Waals surface area contributed by atoms with E-state index < -0.39 is 11.9 Å². The van der Waals surface area contributed by atoms with Gasteiger partial charge in [0, 0.05) is 38.1 Å². The molecule has 0 saturated carbocycles. The van der Waals surface area contributed by atoms with Crippen LogP contribution in [0.3, 0.4) is 0 Å². The molecule has 0 aromatic rings. The molecule has 0 aliphatic carbocycles. The van der Waals surface area contributed by atoms with Crippen LogP contribution >= 0.6 is 0 Å². The third-order valence-corrected chi connectivity index (χ3v) is 4.11. The van der Waals surface area contributed by atoms with E-state index in [1.165, 1.54) is 0 Å². The highest BCUT2D eigenvalue weighted by atomic mass is 16.4. The lowest BCUT2D eigenvalue weighted by molar-refractivity contribution is -0.141. The summed E-state index contributed by atoms with van der Waals surface area (Å²) in [5.41, 5.74) is 0. The summed E-state index contributed by atoms with van der Waals surface area (Å²) in [4.78, 5) is 38.2. The second-order valence-corrected chi connectivity index (χ2v) is 6.11. The third kappa shape index (κ3) is 3.65.